The maximum absolute atomic E-state index is 6.52. The second-order valence-corrected chi connectivity index (χ2v) is 15.1. The van der Waals surface area contributed by atoms with E-state index >= 15 is 0 Å². The summed E-state index contributed by atoms with van der Waals surface area (Å²) in [5, 5.41) is 0.108. The van der Waals surface area contributed by atoms with Crippen molar-refractivity contribution in [3.8, 4) is 28.7 Å². The summed E-state index contributed by atoms with van der Waals surface area (Å²) < 4.78 is 19.2. The second-order valence-electron chi connectivity index (χ2n) is 13.2. The number of rotatable bonds is 12. The molecule has 0 aliphatic rings. The summed E-state index contributed by atoms with van der Waals surface area (Å²) in [7, 11) is 0.373. The van der Waals surface area contributed by atoms with Crippen molar-refractivity contribution < 1.29 is 13.9 Å². The van der Waals surface area contributed by atoms with E-state index in [2.05, 4.69) is 112 Å². The highest BCUT2D eigenvalue weighted by Gasteiger charge is 2.16. The minimum absolute atomic E-state index is 0.108. The van der Waals surface area contributed by atoms with Crippen LogP contribution < -0.4 is 13.9 Å². The van der Waals surface area contributed by atoms with E-state index in [0.717, 1.165) is 48.0 Å². The Bertz CT molecular complexity index is 1220. The van der Waals surface area contributed by atoms with Gasteiger partial charge >= 0.3 is 9.76 Å². The van der Waals surface area contributed by atoms with Crippen LogP contribution in [0.4, 0.5) is 0 Å². The van der Waals surface area contributed by atoms with E-state index in [1.807, 2.05) is 12.1 Å². The highest BCUT2D eigenvalue weighted by atomic mass is 28.2. The molecule has 0 aliphatic heterocycles. The molecule has 3 aromatic rings. The molecule has 2 radical (unpaired) electrons. The van der Waals surface area contributed by atoms with Crippen molar-refractivity contribution in [1.82, 2.24) is 0 Å². The van der Waals surface area contributed by atoms with Crippen LogP contribution in [0.2, 0.25) is 5.04 Å². The molecule has 0 heterocycles. The zero-order chi connectivity index (χ0) is 28.7. The first kappa shape index (κ1) is 30.8. The van der Waals surface area contributed by atoms with Gasteiger partial charge < -0.3 is 13.9 Å². The minimum atomic E-state index is 0.108. The summed E-state index contributed by atoms with van der Waals surface area (Å²) in [4.78, 5) is 0. The Morgan fingerprint density at radius 1 is 0.538 bits per heavy atom. The number of benzene rings is 3. The molecule has 0 unspecified atom stereocenters. The SMILES string of the molecule is Cc1cc(CC(C)C)cc(Oc2cc(CC(C)C)cc(Oc3cc(CC(C)C)cc(O[Si]C(C)(C)C)c3)c2)c1. The van der Waals surface area contributed by atoms with E-state index in [-0.39, 0.29) is 5.04 Å². The lowest BCUT2D eigenvalue weighted by Gasteiger charge is -2.19. The van der Waals surface area contributed by atoms with Crippen molar-refractivity contribution in [3.63, 3.8) is 0 Å². The van der Waals surface area contributed by atoms with E-state index in [9.17, 15) is 0 Å². The lowest BCUT2D eigenvalue weighted by molar-refractivity contribution is 0.454. The van der Waals surface area contributed by atoms with Crippen molar-refractivity contribution in [3.05, 3.63) is 76.9 Å². The van der Waals surface area contributed by atoms with Crippen LogP contribution in [0.3, 0.4) is 0 Å². The standard InChI is InChI=1S/C35H48O3Si/c1-23(2)11-27-14-26(7)15-30(16-27)36-31-17-28(12-24(3)4)18-32(21-31)37-33-19-29(13-25(5)6)20-34(22-33)38-39-35(8,9)10/h14-25H,11-13H2,1-10H3. The molecule has 0 fully saturated rings. The van der Waals surface area contributed by atoms with E-state index in [1.165, 1.54) is 22.3 Å². The maximum Gasteiger partial charge on any atom is 0.316 e. The van der Waals surface area contributed by atoms with Crippen LogP contribution in [0.5, 0.6) is 28.7 Å². The molecule has 3 rings (SSSR count). The largest absolute Gasteiger partial charge is 0.540 e. The first-order valence-electron chi connectivity index (χ1n) is 14.4. The third kappa shape index (κ3) is 11.1. The molecule has 0 N–H and O–H groups in total. The fraction of sp³-hybridized carbons (Fsp3) is 0.486. The summed E-state index contributed by atoms with van der Waals surface area (Å²) in [5.74, 6) is 5.78. The summed E-state index contributed by atoms with van der Waals surface area (Å²) >= 11 is 0. The van der Waals surface area contributed by atoms with Gasteiger partial charge in [-0.05, 0) is 108 Å². The third-order valence-corrected chi connectivity index (χ3v) is 6.82. The Labute approximate surface area is 240 Å². The number of hydrogen-bond donors (Lipinski definition) is 0. The molecular formula is C35H48O3Si. The molecule has 0 aromatic heterocycles. The zero-order valence-corrected chi connectivity index (χ0v) is 26.8. The predicted octanol–water partition coefficient (Wildman–Crippen LogP) is 10.4. The number of ether oxygens (including phenoxy) is 2. The lowest BCUT2D eigenvalue weighted by Crippen LogP contribution is -2.15. The van der Waals surface area contributed by atoms with Crippen LogP contribution in [0.15, 0.2) is 54.6 Å². The summed E-state index contributed by atoms with van der Waals surface area (Å²) in [6.07, 6.45) is 2.96. The molecule has 3 nitrogen and oxygen atoms in total. The molecule has 4 heteroatoms. The van der Waals surface area contributed by atoms with Gasteiger partial charge in [0, 0.05) is 12.1 Å². The summed E-state index contributed by atoms with van der Waals surface area (Å²) in [6, 6.07) is 19.1. The van der Waals surface area contributed by atoms with Gasteiger partial charge in [-0.25, -0.2) is 0 Å². The van der Waals surface area contributed by atoms with Gasteiger partial charge in [0.05, 0.1) is 0 Å². The molecule has 0 saturated carbocycles. The molecule has 0 bridgehead atoms. The van der Waals surface area contributed by atoms with Gasteiger partial charge in [0.2, 0.25) is 0 Å². The fourth-order valence-corrected chi connectivity index (χ4v) is 5.17. The van der Waals surface area contributed by atoms with Crippen molar-refractivity contribution >= 4 is 9.76 Å². The van der Waals surface area contributed by atoms with Crippen LogP contribution in [0, 0.1) is 24.7 Å². The van der Waals surface area contributed by atoms with Gasteiger partial charge in [-0.3, -0.25) is 0 Å². The normalized spacial score (nSPS) is 11.9. The van der Waals surface area contributed by atoms with Gasteiger partial charge in [0.15, 0.2) is 0 Å². The number of hydrogen-bond acceptors (Lipinski definition) is 3. The molecule has 0 amide bonds. The molecule has 0 spiro atoms. The molecule has 0 aliphatic carbocycles. The van der Waals surface area contributed by atoms with Gasteiger partial charge in [0.25, 0.3) is 0 Å². The van der Waals surface area contributed by atoms with E-state index in [4.69, 9.17) is 13.9 Å². The molecular weight excluding hydrogens is 496 g/mol. The molecule has 210 valence electrons. The van der Waals surface area contributed by atoms with Crippen molar-refractivity contribution in [2.45, 2.75) is 93.5 Å². The van der Waals surface area contributed by atoms with Gasteiger partial charge in [0.1, 0.15) is 28.7 Å². The average molecular weight is 545 g/mol. The molecule has 3 aromatic carbocycles. The smallest absolute Gasteiger partial charge is 0.316 e. The molecule has 39 heavy (non-hydrogen) atoms. The van der Waals surface area contributed by atoms with Crippen molar-refractivity contribution in [1.29, 1.82) is 0 Å². The van der Waals surface area contributed by atoms with Gasteiger partial charge in [-0.2, -0.15) is 0 Å². The Morgan fingerprint density at radius 2 is 0.897 bits per heavy atom. The Kier molecular flexibility index (Phi) is 10.7. The van der Waals surface area contributed by atoms with Crippen LogP contribution in [-0.2, 0) is 19.3 Å². The monoisotopic (exact) mass is 544 g/mol. The van der Waals surface area contributed by atoms with Crippen LogP contribution >= 0.6 is 0 Å². The topological polar surface area (TPSA) is 27.7 Å². The zero-order valence-electron chi connectivity index (χ0n) is 25.8. The molecule has 0 atom stereocenters. The van der Waals surface area contributed by atoms with Gasteiger partial charge in [-0.15, -0.1) is 0 Å². The van der Waals surface area contributed by atoms with Crippen LogP contribution in [0.25, 0.3) is 0 Å². The third-order valence-electron chi connectivity index (χ3n) is 5.87. The van der Waals surface area contributed by atoms with E-state index in [1.54, 1.807) is 0 Å². The summed E-state index contributed by atoms with van der Waals surface area (Å²) in [6.45, 7) is 22.2. The first-order chi connectivity index (χ1) is 18.2. The lowest BCUT2D eigenvalue weighted by atomic mass is 10.0. The fourth-order valence-electron chi connectivity index (χ4n) is 4.63. The Hall–Kier alpha value is -2.72. The van der Waals surface area contributed by atoms with Crippen LogP contribution in [-0.4, -0.2) is 9.76 Å². The van der Waals surface area contributed by atoms with Crippen molar-refractivity contribution in [2.24, 2.45) is 17.8 Å². The molecule has 0 saturated heterocycles. The van der Waals surface area contributed by atoms with E-state index in [0.29, 0.717) is 27.5 Å². The average Bonchev–Trinajstić information content (AvgIpc) is 2.75. The van der Waals surface area contributed by atoms with E-state index < -0.39 is 0 Å². The number of aryl methyl sites for hydroxylation is 1. The minimum Gasteiger partial charge on any atom is -0.540 e. The maximum atomic E-state index is 6.52. The van der Waals surface area contributed by atoms with Crippen molar-refractivity contribution in [2.75, 3.05) is 0 Å². The second kappa shape index (κ2) is 13.6. The Balaban J connectivity index is 1.94. The Morgan fingerprint density at radius 3 is 1.31 bits per heavy atom. The van der Waals surface area contributed by atoms with Crippen LogP contribution in [0.1, 0.15) is 84.6 Å². The first-order valence-corrected chi connectivity index (χ1v) is 15.3. The van der Waals surface area contributed by atoms with Gasteiger partial charge in [-0.1, -0.05) is 68.4 Å². The predicted molar refractivity (Wildman–Crippen MR) is 166 cm³/mol. The summed E-state index contributed by atoms with van der Waals surface area (Å²) in [5.41, 5.74) is 4.95. The highest BCUT2D eigenvalue weighted by Crippen LogP contribution is 2.35. The highest BCUT2D eigenvalue weighted by molar-refractivity contribution is 6.32. The quantitative estimate of drug-likeness (QED) is 0.212.